The number of methoxy groups -OCH3 is 1. The van der Waals surface area contributed by atoms with Crippen molar-refractivity contribution in [3.63, 3.8) is 0 Å². The number of carboxylic acids is 1. The molecule has 0 unspecified atom stereocenters. The van der Waals surface area contributed by atoms with Crippen LogP contribution in [0.1, 0.15) is 13.3 Å². The van der Waals surface area contributed by atoms with Crippen molar-refractivity contribution in [1.82, 2.24) is 0 Å². The van der Waals surface area contributed by atoms with Gasteiger partial charge in [0, 0.05) is 20.5 Å². The summed E-state index contributed by atoms with van der Waals surface area (Å²) in [5.41, 5.74) is 0. The van der Waals surface area contributed by atoms with E-state index in [2.05, 4.69) is 0 Å². The monoisotopic (exact) mass is 234 g/mol. The molecule has 0 aliphatic carbocycles. The van der Waals surface area contributed by atoms with E-state index in [0.717, 1.165) is 0 Å². The Balaban J connectivity index is 2.72. The van der Waals surface area contributed by atoms with Crippen molar-refractivity contribution in [2.75, 3.05) is 7.11 Å². The third kappa shape index (κ3) is 2.91. The van der Waals surface area contributed by atoms with E-state index in [9.17, 15) is 14.7 Å². The first kappa shape index (κ1) is 12.9. The molecule has 7 nitrogen and oxygen atoms in total. The molecule has 0 bridgehead atoms. The van der Waals surface area contributed by atoms with E-state index in [1.54, 1.807) is 0 Å². The molecule has 4 atom stereocenters. The van der Waals surface area contributed by atoms with Crippen LogP contribution in [0.25, 0.3) is 0 Å². The molecule has 0 amide bonds. The zero-order valence-electron chi connectivity index (χ0n) is 8.95. The van der Waals surface area contributed by atoms with Gasteiger partial charge in [-0.1, -0.05) is 0 Å². The van der Waals surface area contributed by atoms with E-state index in [1.807, 2.05) is 0 Å². The Labute approximate surface area is 91.9 Å². The van der Waals surface area contributed by atoms with Gasteiger partial charge in [0.25, 0.3) is 0 Å². The van der Waals surface area contributed by atoms with Gasteiger partial charge in [-0.25, -0.2) is 4.79 Å². The lowest BCUT2D eigenvalue weighted by Gasteiger charge is -2.36. The van der Waals surface area contributed by atoms with Gasteiger partial charge in [-0.05, 0) is 0 Å². The molecule has 92 valence electrons. The summed E-state index contributed by atoms with van der Waals surface area (Å²) >= 11 is 0. The summed E-state index contributed by atoms with van der Waals surface area (Å²) in [4.78, 5) is 21.5. The Kier molecular flexibility index (Phi) is 4.22. The first-order chi connectivity index (χ1) is 7.45. The maximum Gasteiger partial charge on any atom is 0.333 e. The third-order valence-electron chi connectivity index (χ3n) is 2.28. The minimum absolute atomic E-state index is 0.0147. The van der Waals surface area contributed by atoms with Crippen molar-refractivity contribution in [1.29, 1.82) is 0 Å². The van der Waals surface area contributed by atoms with Gasteiger partial charge in [0.2, 0.25) is 0 Å². The lowest BCUT2D eigenvalue weighted by atomic mass is 10.0. The molecule has 0 aromatic rings. The zero-order chi connectivity index (χ0) is 12.3. The molecule has 1 aliphatic rings. The van der Waals surface area contributed by atoms with Crippen LogP contribution in [0.2, 0.25) is 0 Å². The quantitative estimate of drug-likeness (QED) is 0.611. The molecule has 0 radical (unpaired) electrons. The number of carbonyl (C=O) groups is 2. The van der Waals surface area contributed by atoms with Gasteiger partial charge in [0.05, 0.1) is 0 Å². The highest BCUT2D eigenvalue weighted by molar-refractivity contribution is 5.72. The Bertz CT molecular complexity index is 277. The molecule has 16 heavy (non-hydrogen) atoms. The molecule has 0 aromatic heterocycles. The largest absolute Gasteiger partial charge is 0.479 e. The van der Waals surface area contributed by atoms with E-state index in [1.165, 1.54) is 14.0 Å². The number of aliphatic hydroxyl groups is 1. The maximum atomic E-state index is 10.8. The summed E-state index contributed by atoms with van der Waals surface area (Å²) in [7, 11) is 1.35. The number of hydrogen-bond donors (Lipinski definition) is 2. The Morgan fingerprint density at radius 2 is 2.06 bits per heavy atom. The van der Waals surface area contributed by atoms with Crippen LogP contribution in [0.5, 0.6) is 0 Å². The van der Waals surface area contributed by atoms with Crippen molar-refractivity contribution in [3.05, 3.63) is 0 Å². The molecule has 1 fully saturated rings. The standard InChI is InChI=1S/C9H14O7/c1-4(10)15-7-5(14-2)3-6(8(11)12)16-9(7)13/h5-7,9,13H,3H2,1-2H3,(H,11,12)/t5-,6-,7+,9+/m0/s1. The molecular weight excluding hydrogens is 220 g/mol. The average Bonchev–Trinajstić information content (AvgIpc) is 2.19. The van der Waals surface area contributed by atoms with E-state index >= 15 is 0 Å². The van der Waals surface area contributed by atoms with Gasteiger partial charge < -0.3 is 24.4 Å². The van der Waals surface area contributed by atoms with Crippen LogP contribution in [0, 0.1) is 0 Å². The summed E-state index contributed by atoms with van der Waals surface area (Å²) in [6.07, 6.45) is -4.34. The van der Waals surface area contributed by atoms with Crippen LogP contribution in [0.15, 0.2) is 0 Å². The first-order valence-corrected chi connectivity index (χ1v) is 4.72. The predicted octanol–water partition coefficient (Wildman–Crippen LogP) is -0.875. The second kappa shape index (κ2) is 5.24. The van der Waals surface area contributed by atoms with Gasteiger partial charge in [-0.2, -0.15) is 0 Å². The van der Waals surface area contributed by atoms with Crippen molar-refractivity contribution >= 4 is 11.9 Å². The van der Waals surface area contributed by atoms with Crippen molar-refractivity contribution < 1.29 is 34.0 Å². The second-order valence-corrected chi connectivity index (χ2v) is 3.44. The summed E-state index contributed by atoms with van der Waals surface area (Å²) in [5.74, 6) is -1.79. The molecular formula is C9H14O7. The molecule has 0 spiro atoms. The fraction of sp³-hybridized carbons (Fsp3) is 0.778. The number of carboxylic acid groups (broad SMARTS) is 1. The van der Waals surface area contributed by atoms with Crippen molar-refractivity contribution in [2.24, 2.45) is 0 Å². The van der Waals surface area contributed by atoms with Gasteiger partial charge >= 0.3 is 11.9 Å². The van der Waals surface area contributed by atoms with Crippen LogP contribution in [0.3, 0.4) is 0 Å². The first-order valence-electron chi connectivity index (χ1n) is 4.72. The number of rotatable bonds is 3. The molecule has 1 saturated heterocycles. The highest BCUT2D eigenvalue weighted by Gasteiger charge is 2.42. The number of ether oxygens (including phenoxy) is 3. The highest BCUT2D eigenvalue weighted by atomic mass is 16.7. The Morgan fingerprint density at radius 1 is 1.44 bits per heavy atom. The van der Waals surface area contributed by atoms with Crippen LogP contribution in [-0.2, 0) is 23.8 Å². The van der Waals surface area contributed by atoms with E-state index in [4.69, 9.17) is 19.3 Å². The normalized spacial score (nSPS) is 34.4. The van der Waals surface area contributed by atoms with Crippen LogP contribution >= 0.6 is 0 Å². The average molecular weight is 234 g/mol. The second-order valence-electron chi connectivity index (χ2n) is 3.44. The number of aliphatic carboxylic acids is 1. The van der Waals surface area contributed by atoms with Gasteiger partial charge in [0.1, 0.15) is 6.10 Å². The topological polar surface area (TPSA) is 102 Å². The van der Waals surface area contributed by atoms with Gasteiger partial charge in [0.15, 0.2) is 18.5 Å². The third-order valence-corrected chi connectivity index (χ3v) is 2.28. The number of esters is 1. The maximum absolute atomic E-state index is 10.8. The van der Waals surface area contributed by atoms with Crippen LogP contribution < -0.4 is 0 Å². The minimum atomic E-state index is -1.50. The Hall–Kier alpha value is -1.18. The fourth-order valence-corrected chi connectivity index (χ4v) is 1.55. The zero-order valence-corrected chi connectivity index (χ0v) is 8.95. The molecule has 7 heteroatoms. The molecule has 1 aliphatic heterocycles. The lowest BCUT2D eigenvalue weighted by Crippen LogP contribution is -2.52. The van der Waals surface area contributed by atoms with Gasteiger partial charge in [-0.15, -0.1) is 0 Å². The Morgan fingerprint density at radius 3 is 2.50 bits per heavy atom. The summed E-state index contributed by atoms with van der Waals surface area (Å²) in [6.45, 7) is 1.18. The molecule has 1 rings (SSSR count). The smallest absolute Gasteiger partial charge is 0.333 e. The van der Waals surface area contributed by atoms with Crippen LogP contribution in [-0.4, -0.2) is 53.9 Å². The molecule has 1 heterocycles. The SMILES string of the molecule is CO[C@H]1C[C@@H](C(=O)O)O[C@@H](O)[C@@H]1OC(C)=O. The van der Waals surface area contributed by atoms with Gasteiger partial charge in [-0.3, -0.25) is 4.79 Å². The number of hydrogen-bond acceptors (Lipinski definition) is 6. The fourth-order valence-electron chi connectivity index (χ4n) is 1.55. The summed E-state index contributed by atoms with van der Waals surface area (Å²) < 4.78 is 14.6. The van der Waals surface area contributed by atoms with Crippen LogP contribution in [0.4, 0.5) is 0 Å². The molecule has 0 saturated carbocycles. The number of aliphatic hydroxyl groups excluding tert-OH is 1. The minimum Gasteiger partial charge on any atom is -0.479 e. The van der Waals surface area contributed by atoms with Crippen molar-refractivity contribution in [2.45, 2.75) is 37.9 Å². The lowest BCUT2D eigenvalue weighted by molar-refractivity contribution is -0.258. The van der Waals surface area contributed by atoms with E-state index in [0.29, 0.717) is 0 Å². The summed E-state index contributed by atoms with van der Waals surface area (Å²) in [5, 5.41) is 18.2. The van der Waals surface area contributed by atoms with E-state index in [-0.39, 0.29) is 6.42 Å². The van der Waals surface area contributed by atoms with E-state index < -0.39 is 36.5 Å². The summed E-state index contributed by atoms with van der Waals surface area (Å²) in [6, 6.07) is 0. The molecule has 2 N–H and O–H groups in total. The number of carbonyl (C=O) groups excluding carboxylic acids is 1. The predicted molar refractivity (Wildman–Crippen MR) is 49.5 cm³/mol. The highest BCUT2D eigenvalue weighted by Crippen LogP contribution is 2.23. The van der Waals surface area contributed by atoms with Crippen molar-refractivity contribution in [3.8, 4) is 0 Å². The molecule has 0 aromatic carbocycles.